The molecule has 0 radical (unpaired) electrons. The topological polar surface area (TPSA) is 67.9 Å². The first-order valence-electron chi connectivity index (χ1n) is 7.86. The first-order chi connectivity index (χ1) is 12.1. The number of nitrogens with zero attached hydrogens (tertiary/aromatic N) is 4. The van der Waals surface area contributed by atoms with Crippen molar-refractivity contribution in [2.45, 2.75) is 13.1 Å². The van der Waals surface area contributed by atoms with Crippen molar-refractivity contribution in [2.24, 2.45) is 0 Å². The van der Waals surface area contributed by atoms with Gasteiger partial charge in [-0.3, -0.25) is 0 Å². The molecule has 0 saturated carbocycles. The van der Waals surface area contributed by atoms with Crippen molar-refractivity contribution in [1.82, 2.24) is 15.0 Å². The van der Waals surface area contributed by atoms with Gasteiger partial charge in [0.2, 0.25) is 5.95 Å². The van der Waals surface area contributed by atoms with Gasteiger partial charge in [-0.15, -0.1) is 0 Å². The van der Waals surface area contributed by atoms with Crippen molar-refractivity contribution >= 4 is 17.3 Å². The number of benzene rings is 1. The molecule has 2 N–H and O–H groups in total. The monoisotopic (exact) mass is 333 g/mol. The third kappa shape index (κ3) is 2.94. The molecule has 1 aliphatic heterocycles. The van der Waals surface area contributed by atoms with E-state index >= 15 is 0 Å². The fourth-order valence-corrected chi connectivity index (χ4v) is 2.96. The molecule has 0 saturated heterocycles. The number of fused-ring (bicyclic) bond motifs is 1. The van der Waals surface area contributed by atoms with Gasteiger partial charge >= 0.3 is 0 Å². The Morgan fingerprint density at radius 3 is 2.68 bits per heavy atom. The normalized spacial score (nSPS) is 12.9. The van der Waals surface area contributed by atoms with Crippen LogP contribution in [0.2, 0.25) is 0 Å². The maximum atomic E-state index is 13.4. The minimum Gasteiger partial charge on any atom is -0.384 e. The van der Waals surface area contributed by atoms with Crippen molar-refractivity contribution in [3.05, 3.63) is 83.6 Å². The number of hydrogen-bond donors (Lipinski definition) is 1. The first kappa shape index (κ1) is 15.3. The van der Waals surface area contributed by atoms with E-state index in [9.17, 15) is 4.39 Å². The Bertz CT molecular complexity index is 970. The number of aromatic nitrogens is 3. The highest BCUT2D eigenvalue weighted by Crippen LogP contribution is 2.28. The summed E-state index contributed by atoms with van der Waals surface area (Å²) >= 11 is 0. The van der Waals surface area contributed by atoms with Crippen molar-refractivity contribution in [3.63, 3.8) is 0 Å². The van der Waals surface area contributed by atoms with Gasteiger partial charge in [0.25, 0.3) is 0 Å². The van der Waals surface area contributed by atoms with E-state index in [4.69, 9.17) is 5.73 Å². The fraction of sp³-hybridized carbons (Fsp3) is 0.105. The lowest BCUT2D eigenvalue weighted by molar-refractivity contribution is 0.626. The molecule has 5 nitrogen and oxygen atoms in total. The molecule has 6 heteroatoms. The van der Waals surface area contributed by atoms with Gasteiger partial charge in [-0.1, -0.05) is 12.6 Å². The number of halogens is 1. The molecule has 1 aliphatic rings. The van der Waals surface area contributed by atoms with Crippen LogP contribution in [0.4, 0.5) is 16.2 Å². The van der Waals surface area contributed by atoms with E-state index in [1.54, 1.807) is 24.5 Å². The summed E-state index contributed by atoms with van der Waals surface area (Å²) in [6.07, 6.45) is 3.35. The van der Waals surface area contributed by atoms with Crippen LogP contribution in [0, 0.1) is 5.82 Å². The van der Waals surface area contributed by atoms with Crippen molar-refractivity contribution < 1.29 is 4.39 Å². The molecule has 4 rings (SSSR count). The van der Waals surface area contributed by atoms with Gasteiger partial charge in [-0.25, -0.2) is 19.3 Å². The van der Waals surface area contributed by atoms with E-state index in [1.807, 2.05) is 23.1 Å². The SMILES string of the molecule is C=C(c1ccnc(N)c1)c1ccnc(N2Cc3ccc(F)cc3C2)n1. The highest BCUT2D eigenvalue weighted by Gasteiger charge is 2.22. The van der Waals surface area contributed by atoms with E-state index in [2.05, 4.69) is 21.5 Å². The summed E-state index contributed by atoms with van der Waals surface area (Å²) in [4.78, 5) is 15.0. The van der Waals surface area contributed by atoms with Crippen LogP contribution in [0.5, 0.6) is 0 Å². The predicted molar refractivity (Wildman–Crippen MR) is 95.1 cm³/mol. The van der Waals surface area contributed by atoms with Gasteiger partial charge in [0, 0.05) is 31.1 Å². The minimum absolute atomic E-state index is 0.223. The average molecular weight is 333 g/mol. The Kier molecular flexibility index (Phi) is 3.65. The van der Waals surface area contributed by atoms with E-state index in [0.29, 0.717) is 24.9 Å². The maximum absolute atomic E-state index is 13.4. The largest absolute Gasteiger partial charge is 0.384 e. The van der Waals surface area contributed by atoms with Crippen LogP contribution < -0.4 is 10.6 Å². The zero-order valence-electron chi connectivity index (χ0n) is 13.5. The molecule has 0 aliphatic carbocycles. The molecule has 1 aromatic carbocycles. The molecule has 0 bridgehead atoms. The molecule has 25 heavy (non-hydrogen) atoms. The second kappa shape index (κ2) is 5.98. The lowest BCUT2D eigenvalue weighted by atomic mass is 10.1. The number of rotatable bonds is 3. The molecule has 3 heterocycles. The highest BCUT2D eigenvalue weighted by atomic mass is 19.1. The summed E-state index contributed by atoms with van der Waals surface area (Å²) in [5.74, 6) is 0.807. The van der Waals surface area contributed by atoms with Gasteiger partial charge in [0.1, 0.15) is 11.6 Å². The van der Waals surface area contributed by atoms with Crippen LogP contribution in [0.15, 0.2) is 55.4 Å². The summed E-state index contributed by atoms with van der Waals surface area (Å²) in [5.41, 5.74) is 10.1. The van der Waals surface area contributed by atoms with Crippen LogP contribution in [-0.4, -0.2) is 15.0 Å². The predicted octanol–water partition coefficient (Wildman–Crippen LogP) is 3.17. The highest BCUT2D eigenvalue weighted by molar-refractivity contribution is 5.77. The second-order valence-electron chi connectivity index (χ2n) is 5.96. The molecular weight excluding hydrogens is 317 g/mol. The molecular formula is C19H16FN5. The summed E-state index contributed by atoms with van der Waals surface area (Å²) < 4.78 is 13.4. The molecule has 2 aromatic heterocycles. The standard InChI is InChI=1S/C19H16FN5/c1-12(13-4-6-22-18(21)9-13)17-5-7-23-19(24-17)25-10-14-2-3-16(20)8-15(14)11-25/h2-9H,1,10-11H2,(H2,21,22). The van der Waals surface area contributed by atoms with E-state index in [1.165, 1.54) is 6.07 Å². The Balaban J connectivity index is 1.61. The minimum atomic E-state index is -0.223. The number of nitrogens with two attached hydrogens (primary N) is 1. The van der Waals surface area contributed by atoms with Gasteiger partial charge in [0.05, 0.1) is 5.69 Å². The van der Waals surface area contributed by atoms with Crippen molar-refractivity contribution in [2.75, 3.05) is 10.6 Å². The van der Waals surface area contributed by atoms with E-state index in [-0.39, 0.29) is 5.82 Å². The third-order valence-corrected chi connectivity index (χ3v) is 4.26. The smallest absolute Gasteiger partial charge is 0.226 e. The zero-order valence-corrected chi connectivity index (χ0v) is 13.5. The molecule has 0 fully saturated rings. The molecule has 0 amide bonds. The zero-order chi connectivity index (χ0) is 17.4. The summed E-state index contributed by atoms with van der Waals surface area (Å²) in [6.45, 7) is 5.36. The first-order valence-corrected chi connectivity index (χ1v) is 7.86. The van der Waals surface area contributed by atoms with E-state index < -0.39 is 0 Å². The Morgan fingerprint density at radius 1 is 1.04 bits per heavy atom. The Morgan fingerprint density at radius 2 is 1.84 bits per heavy atom. The summed E-state index contributed by atoms with van der Waals surface area (Å²) in [5, 5.41) is 0. The van der Waals surface area contributed by atoms with Gasteiger partial charge in [-0.05, 0) is 47.0 Å². The van der Waals surface area contributed by atoms with Crippen LogP contribution in [0.3, 0.4) is 0 Å². The number of hydrogen-bond acceptors (Lipinski definition) is 5. The van der Waals surface area contributed by atoms with Gasteiger partial charge in [-0.2, -0.15) is 0 Å². The number of nitrogen functional groups attached to an aromatic ring is 1. The molecule has 124 valence electrons. The van der Waals surface area contributed by atoms with Crippen LogP contribution in [0.1, 0.15) is 22.4 Å². The molecule has 0 spiro atoms. The Hall–Kier alpha value is -3.28. The van der Waals surface area contributed by atoms with Crippen molar-refractivity contribution in [1.29, 1.82) is 0 Å². The van der Waals surface area contributed by atoms with Gasteiger partial charge < -0.3 is 10.6 Å². The molecule has 3 aromatic rings. The third-order valence-electron chi connectivity index (χ3n) is 4.26. The molecule has 0 unspecified atom stereocenters. The number of pyridine rings is 1. The van der Waals surface area contributed by atoms with Gasteiger partial charge in [0.15, 0.2) is 0 Å². The second-order valence-corrected chi connectivity index (χ2v) is 5.96. The van der Waals surface area contributed by atoms with Crippen LogP contribution in [0.25, 0.3) is 5.57 Å². The lowest BCUT2D eigenvalue weighted by Gasteiger charge is -2.16. The summed E-state index contributed by atoms with van der Waals surface area (Å²) in [7, 11) is 0. The molecule has 0 atom stereocenters. The fourth-order valence-electron chi connectivity index (χ4n) is 2.96. The van der Waals surface area contributed by atoms with Crippen molar-refractivity contribution in [3.8, 4) is 0 Å². The average Bonchev–Trinajstić information content (AvgIpc) is 3.04. The Labute approximate surface area is 144 Å². The van der Waals surface area contributed by atoms with E-state index in [0.717, 1.165) is 28.0 Å². The van der Waals surface area contributed by atoms with Crippen LogP contribution >= 0.6 is 0 Å². The van der Waals surface area contributed by atoms with Crippen LogP contribution in [-0.2, 0) is 13.1 Å². The maximum Gasteiger partial charge on any atom is 0.226 e. The lowest BCUT2D eigenvalue weighted by Crippen LogP contribution is -2.18. The quantitative estimate of drug-likeness (QED) is 0.797. The summed E-state index contributed by atoms with van der Waals surface area (Å²) in [6, 6.07) is 10.3. The number of anilines is 2.